The zero-order chi connectivity index (χ0) is 32.2. The fraction of sp³-hybridized carbons (Fsp3) is 0.321. The van der Waals surface area contributed by atoms with E-state index in [2.05, 4.69) is 15.6 Å². The molecule has 0 aliphatic carbocycles. The van der Waals surface area contributed by atoms with Crippen LogP contribution in [0.1, 0.15) is 45.2 Å². The van der Waals surface area contributed by atoms with Gasteiger partial charge in [-0.05, 0) is 87.4 Å². The maximum Gasteiger partial charge on any atom is 0.416 e. The Kier molecular flexibility index (Phi) is 10.6. The maximum atomic E-state index is 13.9. The molecule has 0 bridgehead atoms. The Morgan fingerprint density at radius 3 is 2.26 bits per heavy atom. The summed E-state index contributed by atoms with van der Waals surface area (Å²) in [4.78, 5) is 29.3. The third-order valence-corrected chi connectivity index (χ3v) is 8.18. The van der Waals surface area contributed by atoms with E-state index in [1.54, 1.807) is 26.8 Å². The second-order valence-corrected chi connectivity index (χ2v) is 12.9. The second kappa shape index (κ2) is 13.4. The average Bonchev–Trinajstić information content (AvgIpc) is 2.89. The van der Waals surface area contributed by atoms with Crippen LogP contribution in [0.3, 0.4) is 0 Å². The number of halogens is 5. The van der Waals surface area contributed by atoms with Crippen molar-refractivity contribution in [2.75, 3.05) is 9.62 Å². The Morgan fingerprint density at radius 1 is 1.02 bits per heavy atom. The molecule has 0 aliphatic rings. The summed E-state index contributed by atoms with van der Waals surface area (Å²) in [6.45, 7) is 6.45. The number of ether oxygens (including phenoxy) is 1. The molecule has 15 heteroatoms. The van der Waals surface area contributed by atoms with E-state index in [-0.39, 0.29) is 33.7 Å². The zero-order valence-corrected chi connectivity index (χ0v) is 25.8. The summed E-state index contributed by atoms with van der Waals surface area (Å²) in [5.74, 6) is -0.678. The van der Waals surface area contributed by atoms with Gasteiger partial charge in [0.05, 0.1) is 21.2 Å². The van der Waals surface area contributed by atoms with Gasteiger partial charge in [-0.2, -0.15) is 13.2 Å². The van der Waals surface area contributed by atoms with E-state index >= 15 is 0 Å². The van der Waals surface area contributed by atoms with Gasteiger partial charge in [0.25, 0.3) is 10.0 Å². The smallest absolute Gasteiger partial charge is 0.416 e. The number of nitrogens with zero attached hydrogens (tertiary/aromatic N) is 2. The van der Waals surface area contributed by atoms with Crippen LogP contribution in [0.5, 0.6) is 0 Å². The summed E-state index contributed by atoms with van der Waals surface area (Å²) in [6, 6.07) is 8.68. The molecule has 1 unspecified atom stereocenters. The quantitative estimate of drug-likeness (QED) is 0.254. The summed E-state index contributed by atoms with van der Waals surface area (Å²) < 4.78 is 74.4. The number of hydrogen-bond acceptors (Lipinski definition) is 6. The molecule has 0 aliphatic heterocycles. The normalized spacial score (nSPS) is 12.8. The van der Waals surface area contributed by atoms with Crippen molar-refractivity contribution in [1.82, 2.24) is 10.3 Å². The summed E-state index contributed by atoms with van der Waals surface area (Å²) in [5.41, 5.74) is -1.94. The van der Waals surface area contributed by atoms with Crippen LogP contribution in [-0.4, -0.2) is 37.0 Å². The van der Waals surface area contributed by atoms with Crippen LogP contribution in [0, 0.1) is 0 Å². The number of hydrogen-bond donors (Lipinski definition) is 2. The molecule has 3 aromatic rings. The number of amides is 2. The fourth-order valence-electron chi connectivity index (χ4n) is 3.87. The van der Waals surface area contributed by atoms with Crippen molar-refractivity contribution < 1.29 is 35.9 Å². The third kappa shape index (κ3) is 8.97. The van der Waals surface area contributed by atoms with Crippen molar-refractivity contribution in [2.45, 2.75) is 63.4 Å². The lowest BCUT2D eigenvalue weighted by molar-refractivity contribution is -0.137. The van der Waals surface area contributed by atoms with Gasteiger partial charge in [0.2, 0.25) is 5.91 Å². The molecular weight excluding hydrogens is 632 g/mol. The van der Waals surface area contributed by atoms with Crippen molar-refractivity contribution in [3.05, 3.63) is 82.0 Å². The van der Waals surface area contributed by atoms with Gasteiger partial charge in [0.1, 0.15) is 17.5 Å². The number of nitrogens with one attached hydrogen (secondary N) is 2. The van der Waals surface area contributed by atoms with Crippen LogP contribution in [0.4, 0.5) is 29.5 Å². The van der Waals surface area contributed by atoms with Crippen LogP contribution in [0.15, 0.2) is 65.7 Å². The van der Waals surface area contributed by atoms with Crippen LogP contribution >= 0.6 is 23.2 Å². The van der Waals surface area contributed by atoms with Crippen molar-refractivity contribution in [3.8, 4) is 0 Å². The highest BCUT2D eigenvalue weighted by Gasteiger charge is 2.39. The van der Waals surface area contributed by atoms with Crippen molar-refractivity contribution in [3.63, 3.8) is 0 Å². The standard InChI is InChI=1S/C28H29Cl2F3N4O5S/c1-5-22(25(38)35-16-17-12-13-34-24(14-17)36-26(39)42-27(2,3)4)37(43(40,41)20-9-7-19(29)8-10-20)23-15-18(28(31,32)33)6-11-21(23)30/h6-15,22H,5,16H2,1-4H3,(H,35,38)(H,34,36,39). The number of pyridine rings is 1. The number of rotatable bonds is 9. The first kappa shape index (κ1) is 33.9. The van der Waals surface area contributed by atoms with E-state index in [0.717, 1.165) is 6.07 Å². The number of carbonyl (C=O) groups is 2. The molecule has 0 spiro atoms. The molecule has 0 radical (unpaired) electrons. The highest BCUT2D eigenvalue weighted by atomic mass is 35.5. The molecule has 0 fully saturated rings. The molecular formula is C28H29Cl2F3N4O5S. The van der Waals surface area contributed by atoms with Crippen LogP contribution in [0.25, 0.3) is 0 Å². The molecule has 9 nitrogen and oxygen atoms in total. The van der Waals surface area contributed by atoms with Gasteiger partial charge in [0.15, 0.2) is 0 Å². The summed E-state index contributed by atoms with van der Waals surface area (Å²) in [7, 11) is -4.64. The number of sulfonamides is 1. The van der Waals surface area contributed by atoms with Crippen molar-refractivity contribution in [2.24, 2.45) is 0 Å². The molecule has 2 amide bonds. The monoisotopic (exact) mass is 660 g/mol. The molecule has 1 heterocycles. The van der Waals surface area contributed by atoms with Gasteiger partial charge < -0.3 is 10.1 Å². The Hall–Kier alpha value is -3.55. The van der Waals surface area contributed by atoms with Gasteiger partial charge in [-0.1, -0.05) is 30.1 Å². The first-order chi connectivity index (χ1) is 19.9. The first-order valence-electron chi connectivity index (χ1n) is 12.8. The SMILES string of the molecule is CCC(C(=O)NCc1ccnc(NC(=O)OC(C)(C)C)c1)N(c1cc(C(F)(F)F)ccc1Cl)S(=O)(=O)c1ccc(Cl)cc1. The summed E-state index contributed by atoms with van der Waals surface area (Å²) in [6.07, 6.45) is -4.31. The van der Waals surface area contributed by atoms with Crippen molar-refractivity contribution >= 4 is 56.7 Å². The minimum atomic E-state index is -4.81. The molecule has 2 aromatic carbocycles. The van der Waals surface area contributed by atoms with Gasteiger partial charge in [-0.3, -0.25) is 14.4 Å². The molecule has 0 saturated heterocycles. The van der Waals surface area contributed by atoms with Gasteiger partial charge >= 0.3 is 12.3 Å². The molecule has 2 N–H and O–H groups in total. The Morgan fingerprint density at radius 2 is 1.67 bits per heavy atom. The van der Waals surface area contributed by atoms with E-state index in [1.165, 1.54) is 43.5 Å². The van der Waals surface area contributed by atoms with Crippen LogP contribution in [-0.2, 0) is 32.3 Å². The predicted molar refractivity (Wildman–Crippen MR) is 158 cm³/mol. The average molecular weight is 662 g/mol. The molecule has 3 rings (SSSR count). The van der Waals surface area contributed by atoms with Crippen molar-refractivity contribution in [1.29, 1.82) is 0 Å². The lowest BCUT2D eigenvalue weighted by Gasteiger charge is -2.32. The number of anilines is 2. The fourth-order valence-corrected chi connectivity index (χ4v) is 5.95. The number of benzene rings is 2. The van der Waals surface area contributed by atoms with Gasteiger partial charge in [-0.15, -0.1) is 0 Å². The maximum absolute atomic E-state index is 13.9. The Labute approximate surface area is 257 Å². The minimum absolute atomic E-state index is 0.132. The minimum Gasteiger partial charge on any atom is -0.444 e. The molecule has 1 aromatic heterocycles. The Bertz CT molecular complexity index is 1580. The third-order valence-electron chi connectivity index (χ3n) is 5.77. The summed E-state index contributed by atoms with van der Waals surface area (Å²) >= 11 is 12.2. The highest BCUT2D eigenvalue weighted by Crippen LogP contribution is 2.39. The van der Waals surface area contributed by atoms with E-state index < -0.39 is 51.1 Å². The lowest BCUT2D eigenvalue weighted by atomic mass is 10.1. The van der Waals surface area contributed by atoms with E-state index in [4.69, 9.17) is 27.9 Å². The number of alkyl halides is 3. The van der Waals surface area contributed by atoms with Crippen LogP contribution in [0.2, 0.25) is 10.0 Å². The first-order valence-corrected chi connectivity index (χ1v) is 15.0. The highest BCUT2D eigenvalue weighted by molar-refractivity contribution is 7.93. The topological polar surface area (TPSA) is 118 Å². The summed E-state index contributed by atoms with van der Waals surface area (Å²) in [5, 5.41) is 5.00. The zero-order valence-electron chi connectivity index (χ0n) is 23.5. The number of aromatic nitrogens is 1. The lowest BCUT2D eigenvalue weighted by Crippen LogP contribution is -2.49. The molecule has 232 valence electrons. The second-order valence-electron chi connectivity index (χ2n) is 10.2. The Balaban J connectivity index is 1.96. The van der Waals surface area contributed by atoms with E-state index in [9.17, 15) is 31.2 Å². The predicted octanol–water partition coefficient (Wildman–Crippen LogP) is 7.04. The largest absolute Gasteiger partial charge is 0.444 e. The number of carbonyl (C=O) groups excluding carboxylic acids is 2. The molecule has 43 heavy (non-hydrogen) atoms. The van der Waals surface area contributed by atoms with Crippen LogP contribution < -0.4 is 14.9 Å². The molecule has 1 atom stereocenters. The molecule has 0 saturated carbocycles. The van der Waals surface area contributed by atoms with Gasteiger partial charge in [0, 0.05) is 17.8 Å². The van der Waals surface area contributed by atoms with E-state index in [1.807, 2.05) is 0 Å². The van der Waals surface area contributed by atoms with Gasteiger partial charge in [-0.25, -0.2) is 18.2 Å². The van der Waals surface area contributed by atoms with E-state index in [0.29, 0.717) is 22.0 Å².